The van der Waals surface area contributed by atoms with Crippen molar-refractivity contribution in [2.75, 3.05) is 21.1 Å². The first-order valence-electron chi connectivity index (χ1n) is 1.60. The molecular formula is C3H11NP+. The first-order valence-corrected chi connectivity index (χ1v) is 2.12. The van der Waals surface area contributed by atoms with Crippen LogP contribution in [0, 0.1) is 0 Å². The first kappa shape index (κ1) is 5.39. The minimum Gasteiger partial charge on any atom is -0.322 e. The number of quaternary nitrogens is 1. The standard InChI is InChI=1S/C3H11NP/c1-4(2,3)5/h5H2,1-3H3/q+1. The number of nitrogens with zero attached hydrogens (tertiary/aromatic N) is 1. The van der Waals surface area contributed by atoms with E-state index in [0.717, 1.165) is 4.25 Å². The number of hydrogen-bond donors (Lipinski definition) is 0. The summed E-state index contributed by atoms with van der Waals surface area (Å²) in [4.78, 5) is 0. The van der Waals surface area contributed by atoms with Crippen LogP contribution in [0.4, 0.5) is 0 Å². The van der Waals surface area contributed by atoms with Crippen LogP contribution in [0.2, 0.25) is 0 Å². The molecule has 0 aliphatic heterocycles. The maximum atomic E-state index is 2.65. The van der Waals surface area contributed by atoms with Gasteiger partial charge >= 0.3 is 0 Å². The first-order chi connectivity index (χ1) is 2.00. The Bertz CT molecular complexity index is 22.4. The van der Waals surface area contributed by atoms with Gasteiger partial charge in [-0.25, -0.2) is 0 Å². The Morgan fingerprint density at radius 2 is 1.20 bits per heavy atom. The molecule has 0 radical (unpaired) electrons. The molecule has 0 saturated carbocycles. The van der Waals surface area contributed by atoms with E-state index in [4.69, 9.17) is 0 Å². The van der Waals surface area contributed by atoms with E-state index in [-0.39, 0.29) is 0 Å². The molecule has 0 fully saturated rings. The van der Waals surface area contributed by atoms with E-state index in [2.05, 4.69) is 30.5 Å². The monoisotopic (exact) mass is 92.1 g/mol. The van der Waals surface area contributed by atoms with E-state index in [1.807, 2.05) is 0 Å². The zero-order chi connectivity index (χ0) is 4.50. The summed E-state index contributed by atoms with van der Waals surface area (Å²) >= 11 is 0. The quantitative estimate of drug-likeness (QED) is 0.381. The van der Waals surface area contributed by atoms with Crippen LogP contribution < -0.4 is 0 Å². The van der Waals surface area contributed by atoms with Crippen LogP contribution in [0.3, 0.4) is 0 Å². The lowest BCUT2D eigenvalue weighted by molar-refractivity contribution is -0.731. The lowest BCUT2D eigenvalue weighted by atomic mass is 11.0. The van der Waals surface area contributed by atoms with Crippen molar-refractivity contribution in [3.63, 3.8) is 0 Å². The molecule has 0 amide bonds. The zero-order valence-electron chi connectivity index (χ0n) is 4.02. The molecule has 0 saturated heterocycles. The largest absolute Gasteiger partial charge is 0.322 e. The highest BCUT2D eigenvalue weighted by atomic mass is 31.0. The molecular weight excluding hydrogens is 81.0 g/mol. The molecule has 0 rings (SSSR count). The summed E-state index contributed by atoms with van der Waals surface area (Å²) in [7, 11) is 8.92. The van der Waals surface area contributed by atoms with E-state index in [1.54, 1.807) is 0 Å². The summed E-state index contributed by atoms with van der Waals surface area (Å²) in [6.45, 7) is 0. The Morgan fingerprint density at radius 1 is 1.20 bits per heavy atom. The molecule has 2 heteroatoms. The van der Waals surface area contributed by atoms with Gasteiger partial charge in [-0.3, -0.25) is 0 Å². The Hall–Kier alpha value is 0.390. The third-order valence-corrected chi connectivity index (χ3v) is 0. The van der Waals surface area contributed by atoms with Crippen molar-refractivity contribution in [2.45, 2.75) is 0 Å². The van der Waals surface area contributed by atoms with E-state index >= 15 is 0 Å². The fourth-order valence-corrected chi connectivity index (χ4v) is 0. The third-order valence-electron chi connectivity index (χ3n) is 0. The van der Waals surface area contributed by atoms with Gasteiger partial charge in [0.05, 0.1) is 30.5 Å². The maximum absolute atomic E-state index is 2.65. The highest BCUT2D eigenvalue weighted by molar-refractivity contribution is 7.08. The summed E-state index contributed by atoms with van der Waals surface area (Å²) in [6.07, 6.45) is 0. The Labute approximate surface area is 35.8 Å². The molecule has 0 bridgehead atoms. The molecule has 0 heterocycles. The second-order valence-corrected chi connectivity index (χ2v) is 3.67. The van der Waals surface area contributed by atoms with Crippen LogP contribution in [0.15, 0.2) is 0 Å². The van der Waals surface area contributed by atoms with Crippen molar-refractivity contribution >= 4 is 9.39 Å². The van der Waals surface area contributed by atoms with Crippen LogP contribution in [0.1, 0.15) is 0 Å². The van der Waals surface area contributed by atoms with Gasteiger partial charge in [0.1, 0.15) is 0 Å². The highest BCUT2D eigenvalue weighted by Gasteiger charge is 1.89. The summed E-state index contributed by atoms with van der Waals surface area (Å²) in [5.74, 6) is 0. The van der Waals surface area contributed by atoms with Gasteiger partial charge in [-0.1, -0.05) is 0 Å². The molecule has 0 N–H and O–H groups in total. The molecule has 0 spiro atoms. The van der Waals surface area contributed by atoms with Gasteiger partial charge < -0.3 is 4.25 Å². The third kappa shape index (κ3) is 165. The second-order valence-electron chi connectivity index (χ2n) is 2.12. The molecule has 1 nitrogen and oxygen atoms in total. The SMILES string of the molecule is C[N+](C)(C)P. The second kappa shape index (κ2) is 1.24. The van der Waals surface area contributed by atoms with Crippen molar-refractivity contribution in [2.24, 2.45) is 0 Å². The molecule has 0 aliphatic carbocycles. The average molecular weight is 92.1 g/mol. The fourth-order valence-electron chi connectivity index (χ4n) is 0. The van der Waals surface area contributed by atoms with Gasteiger partial charge in [-0.2, -0.15) is 0 Å². The molecule has 0 aromatic carbocycles. The smallest absolute Gasteiger partial charge is 0.0743 e. The van der Waals surface area contributed by atoms with Crippen molar-refractivity contribution in [1.29, 1.82) is 0 Å². The van der Waals surface area contributed by atoms with E-state index in [9.17, 15) is 0 Å². The van der Waals surface area contributed by atoms with Gasteiger partial charge in [-0.15, -0.1) is 0 Å². The van der Waals surface area contributed by atoms with Crippen LogP contribution >= 0.6 is 9.39 Å². The molecule has 1 atom stereocenters. The predicted octanol–water partition coefficient (Wildman–Crippen LogP) is 0.483. The Kier molecular flexibility index (Phi) is 1.33. The lowest BCUT2D eigenvalue weighted by Gasteiger charge is -2.13. The van der Waals surface area contributed by atoms with Gasteiger partial charge in [-0.05, 0) is 0 Å². The molecule has 5 heavy (non-hydrogen) atoms. The molecule has 0 aromatic rings. The summed E-state index contributed by atoms with van der Waals surface area (Å²) in [6, 6.07) is 0. The average Bonchev–Trinajstić information content (AvgIpc) is 0.722. The lowest BCUT2D eigenvalue weighted by Crippen LogP contribution is -2.18. The van der Waals surface area contributed by atoms with Crippen LogP contribution in [-0.2, 0) is 0 Å². The Balaban J connectivity index is 3.02. The van der Waals surface area contributed by atoms with E-state index < -0.39 is 0 Å². The van der Waals surface area contributed by atoms with Crippen LogP contribution in [0.25, 0.3) is 0 Å². The van der Waals surface area contributed by atoms with Crippen molar-refractivity contribution in [1.82, 2.24) is 0 Å². The topological polar surface area (TPSA) is 0 Å². The van der Waals surface area contributed by atoms with Crippen molar-refractivity contribution < 1.29 is 4.25 Å². The minimum atomic E-state index is 0.917. The summed E-state index contributed by atoms with van der Waals surface area (Å²) < 4.78 is 0.917. The normalized spacial score (nSPS) is 12.0. The maximum Gasteiger partial charge on any atom is 0.0743 e. The van der Waals surface area contributed by atoms with Crippen LogP contribution in [0.5, 0.6) is 0 Å². The zero-order valence-corrected chi connectivity index (χ0v) is 5.18. The Morgan fingerprint density at radius 3 is 1.20 bits per heavy atom. The van der Waals surface area contributed by atoms with Gasteiger partial charge in [0.25, 0.3) is 0 Å². The van der Waals surface area contributed by atoms with Gasteiger partial charge in [0.2, 0.25) is 0 Å². The highest BCUT2D eigenvalue weighted by Crippen LogP contribution is 1.96. The molecule has 0 aromatic heterocycles. The van der Waals surface area contributed by atoms with Crippen molar-refractivity contribution in [3.8, 4) is 0 Å². The van der Waals surface area contributed by atoms with Crippen LogP contribution in [-0.4, -0.2) is 25.4 Å². The molecule has 32 valence electrons. The van der Waals surface area contributed by atoms with Gasteiger partial charge in [0, 0.05) is 0 Å². The molecule has 0 aliphatic rings. The summed E-state index contributed by atoms with van der Waals surface area (Å²) in [5.41, 5.74) is 0. The van der Waals surface area contributed by atoms with Crippen molar-refractivity contribution in [3.05, 3.63) is 0 Å². The van der Waals surface area contributed by atoms with Gasteiger partial charge in [0.15, 0.2) is 0 Å². The number of hydrogen-bond acceptors (Lipinski definition) is 0. The van der Waals surface area contributed by atoms with E-state index in [0.29, 0.717) is 0 Å². The van der Waals surface area contributed by atoms with E-state index in [1.165, 1.54) is 0 Å². The molecule has 1 unspecified atom stereocenters. The summed E-state index contributed by atoms with van der Waals surface area (Å²) in [5, 5.41) is 0. The fraction of sp³-hybridized carbons (Fsp3) is 1.00. The number of rotatable bonds is 0. The minimum absolute atomic E-state index is 0.917. The predicted molar refractivity (Wildman–Crippen MR) is 27.7 cm³/mol.